The second-order valence-electron chi connectivity index (χ2n) is 8.05. The number of thiazole rings is 1. The molecule has 0 saturated carbocycles. The van der Waals surface area contributed by atoms with Crippen LogP contribution in [-0.2, 0) is 11.3 Å². The van der Waals surface area contributed by atoms with Crippen LogP contribution in [0.4, 0.5) is 5.13 Å². The summed E-state index contributed by atoms with van der Waals surface area (Å²) in [6.45, 7) is 13.4. The summed E-state index contributed by atoms with van der Waals surface area (Å²) in [7, 11) is 0. The Bertz CT molecular complexity index is 558. The molecule has 140 valence electrons. The summed E-state index contributed by atoms with van der Waals surface area (Å²) in [4.78, 5) is 23.9. The van der Waals surface area contributed by atoms with Gasteiger partial charge in [-0.15, -0.1) is 11.3 Å². The summed E-state index contributed by atoms with van der Waals surface area (Å²) >= 11 is 1.75. The van der Waals surface area contributed by atoms with E-state index in [1.807, 2.05) is 4.90 Å². The number of nitrogens with zero attached hydrogens (tertiary/aromatic N) is 4. The SMILES string of the molecule is CC(C)CC(=O)N1CCN(c2nc(CN3CCC(C)CC3)cs2)CC1. The normalized spacial score (nSPS) is 20.5. The highest BCUT2D eigenvalue weighted by Gasteiger charge is 2.23. The van der Waals surface area contributed by atoms with E-state index in [1.54, 1.807) is 11.3 Å². The van der Waals surface area contributed by atoms with Gasteiger partial charge in [0.25, 0.3) is 0 Å². The lowest BCUT2D eigenvalue weighted by Gasteiger charge is -2.35. The first kappa shape index (κ1) is 18.6. The van der Waals surface area contributed by atoms with Crippen LogP contribution in [0.5, 0.6) is 0 Å². The van der Waals surface area contributed by atoms with Gasteiger partial charge in [-0.05, 0) is 37.8 Å². The topological polar surface area (TPSA) is 39.7 Å². The lowest BCUT2D eigenvalue weighted by Crippen LogP contribution is -2.49. The van der Waals surface area contributed by atoms with Gasteiger partial charge in [0.15, 0.2) is 5.13 Å². The third-order valence-corrected chi connectivity index (χ3v) is 6.24. The maximum absolute atomic E-state index is 12.2. The lowest BCUT2D eigenvalue weighted by atomic mass is 9.99. The molecular formula is C19H32N4OS. The molecule has 0 radical (unpaired) electrons. The molecule has 3 heterocycles. The number of likely N-dealkylation sites (tertiary alicyclic amines) is 1. The summed E-state index contributed by atoms with van der Waals surface area (Å²) in [6, 6.07) is 0. The molecule has 0 bridgehead atoms. The molecule has 0 unspecified atom stereocenters. The Hall–Kier alpha value is -1.14. The summed E-state index contributed by atoms with van der Waals surface area (Å²) < 4.78 is 0. The van der Waals surface area contributed by atoms with E-state index in [4.69, 9.17) is 4.98 Å². The number of piperidine rings is 1. The van der Waals surface area contributed by atoms with Crippen LogP contribution in [0.25, 0.3) is 0 Å². The minimum absolute atomic E-state index is 0.300. The summed E-state index contributed by atoms with van der Waals surface area (Å²) in [5.41, 5.74) is 1.20. The van der Waals surface area contributed by atoms with E-state index in [1.165, 1.54) is 31.6 Å². The maximum atomic E-state index is 12.2. The largest absolute Gasteiger partial charge is 0.345 e. The standard InChI is InChI=1S/C19H32N4OS/c1-15(2)12-18(24)22-8-10-23(11-9-22)19-20-17(14-25-19)13-21-6-4-16(3)5-7-21/h14-16H,4-13H2,1-3H3. The van der Waals surface area contributed by atoms with Crippen molar-refractivity contribution in [3.05, 3.63) is 11.1 Å². The van der Waals surface area contributed by atoms with Crippen molar-refractivity contribution in [1.82, 2.24) is 14.8 Å². The van der Waals surface area contributed by atoms with Gasteiger partial charge in [-0.1, -0.05) is 20.8 Å². The smallest absolute Gasteiger partial charge is 0.222 e. The molecule has 2 aliphatic heterocycles. The van der Waals surface area contributed by atoms with E-state index in [2.05, 4.69) is 36.0 Å². The van der Waals surface area contributed by atoms with Gasteiger partial charge >= 0.3 is 0 Å². The van der Waals surface area contributed by atoms with E-state index < -0.39 is 0 Å². The third-order valence-electron chi connectivity index (χ3n) is 5.29. The highest BCUT2D eigenvalue weighted by Crippen LogP contribution is 2.24. The first-order chi connectivity index (χ1) is 12.0. The van der Waals surface area contributed by atoms with E-state index in [0.717, 1.165) is 43.8 Å². The number of anilines is 1. The van der Waals surface area contributed by atoms with Gasteiger partial charge in [0, 0.05) is 44.5 Å². The Morgan fingerprint density at radius 1 is 1.20 bits per heavy atom. The molecule has 0 aromatic carbocycles. The first-order valence-corrected chi connectivity index (χ1v) is 10.6. The number of carbonyl (C=O) groups is 1. The number of carbonyl (C=O) groups excluding carboxylic acids is 1. The molecular weight excluding hydrogens is 332 g/mol. The average Bonchev–Trinajstić information content (AvgIpc) is 3.05. The molecule has 0 spiro atoms. The zero-order valence-corrected chi connectivity index (χ0v) is 16.7. The summed E-state index contributed by atoms with van der Waals surface area (Å²) in [5, 5.41) is 3.33. The minimum atomic E-state index is 0.300. The second-order valence-corrected chi connectivity index (χ2v) is 8.88. The Labute approximate surface area is 156 Å². The molecule has 2 fully saturated rings. The predicted octanol–water partition coefficient (Wildman–Crippen LogP) is 3.07. The highest BCUT2D eigenvalue weighted by atomic mass is 32.1. The highest BCUT2D eigenvalue weighted by molar-refractivity contribution is 7.13. The molecule has 0 atom stereocenters. The molecule has 1 aromatic rings. The fourth-order valence-electron chi connectivity index (χ4n) is 3.59. The number of piperazine rings is 1. The number of hydrogen-bond donors (Lipinski definition) is 0. The maximum Gasteiger partial charge on any atom is 0.222 e. The number of amides is 1. The van der Waals surface area contributed by atoms with Crippen LogP contribution in [0.15, 0.2) is 5.38 Å². The van der Waals surface area contributed by atoms with E-state index >= 15 is 0 Å². The lowest BCUT2D eigenvalue weighted by molar-refractivity contribution is -0.132. The van der Waals surface area contributed by atoms with Crippen LogP contribution in [0.2, 0.25) is 0 Å². The average molecular weight is 365 g/mol. The minimum Gasteiger partial charge on any atom is -0.345 e. The van der Waals surface area contributed by atoms with E-state index in [9.17, 15) is 4.79 Å². The monoisotopic (exact) mass is 364 g/mol. The van der Waals surface area contributed by atoms with Gasteiger partial charge < -0.3 is 9.80 Å². The van der Waals surface area contributed by atoms with Crippen LogP contribution in [0.3, 0.4) is 0 Å². The van der Waals surface area contributed by atoms with E-state index in [-0.39, 0.29) is 0 Å². The zero-order valence-electron chi connectivity index (χ0n) is 15.9. The van der Waals surface area contributed by atoms with Gasteiger partial charge in [0.05, 0.1) is 5.69 Å². The molecule has 0 N–H and O–H groups in total. The van der Waals surface area contributed by atoms with Crippen molar-refractivity contribution in [1.29, 1.82) is 0 Å². The summed E-state index contributed by atoms with van der Waals surface area (Å²) in [5.74, 6) is 1.61. The van der Waals surface area contributed by atoms with Crippen molar-refractivity contribution in [3.8, 4) is 0 Å². The van der Waals surface area contributed by atoms with Crippen LogP contribution < -0.4 is 4.90 Å². The molecule has 6 heteroatoms. The van der Waals surface area contributed by atoms with Crippen molar-refractivity contribution in [3.63, 3.8) is 0 Å². The number of rotatable bonds is 5. The Kier molecular flexibility index (Phi) is 6.34. The van der Waals surface area contributed by atoms with Crippen LogP contribution in [0, 0.1) is 11.8 Å². The van der Waals surface area contributed by atoms with Crippen LogP contribution in [-0.4, -0.2) is 60.0 Å². The Morgan fingerprint density at radius 2 is 1.88 bits per heavy atom. The number of aromatic nitrogens is 1. The van der Waals surface area contributed by atoms with Crippen LogP contribution in [0.1, 0.15) is 45.7 Å². The van der Waals surface area contributed by atoms with Crippen molar-refractivity contribution >= 4 is 22.4 Å². The van der Waals surface area contributed by atoms with E-state index in [0.29, 0.717) is 18.2 Å². The van der Waals surface area contributed by atoms with Crippen molar-refractivity contribution in [2.45, 2.75) is 46.6 Å². The van der Waals surface area contributed by atoms with Gasteiger partial charge in [0.2, 0.25) is 5.91 Å². The molecule has 2 aliphatic rings. The van der Waals surface area contributed by atoms with Crippen molar-refractivity contribution in [2.75, 3.05) is 44.2 Å². The molecule has 2 saturated heterocycles. The second kappa shape index (κ2) is 8.49. The van der Waals surface area contributed by atoms with Crippen molar-refractivity contribution < 1.29 is 4.79 Å². The van der Waals surface area contributed by atoms with Gasteiger partial charge in [0.1, 0.15) is 0 Å². The molecule has 3 rings (SSSR count). The Morgan fingerprint density at radius 3 is 2.52 bits per heavy atom. The summed E-state index contributed by atoms with van der Waals surface area (Å²) in [6.07, 6.45) is 3.28. The molecule has 1 amide bonds. The molecule has 0 aliphatic carbocycles. The molecule has 1 aromatic heterocycles. The first-order valence-electron chi connectivity index (χ1n) is 9.70. The van der Waals surface area contributed by atoms with Gasteiger partial charge in [-0.3, -0.25) is 9.69 Å². The molecule has 5 nitrogen and oxygen atoms in total. The predicted molar refractivity (Wildman–Crippen MR) is 104 cm³/mol. The Balaban J connectivity index is 1.48. The molecule has 25 heavy (non-hydrogen) atoms. The fourth-order valence-corrected chi connectivity index (χ4v) is 4.46. The van der Waals surface area contributed by atoms with Crippen LogP contribution >= 0.6 is 11.3 Å². The van der Waals surface area contributed by atoms with Gasteiger partial charge in [-0.25, -0.2) is 4.98 Å². The van der Waals surface area contributed by atoms with Crippen molar-refractivity contribution in [2.24, 2.45) is 11.8 Å². The third kappa shape index (κ3) is 5.17. The fraction of sp³-hybridized carbons (Fsp3) is 0.789. The number of hydrogen-bond acceptors (Lipinski definition) is 5. The zero-order chi connectivity index (χ0) is 17.8. The van der Waals surface area contributed by atoms with Gasteiger partial charge in [-0.2, -0.15) is 0 Å². The quantitative estimate of drug-likeness (QED) is 0.805.